The molecule has 0 saturated heterocycles. The summed E-state index contributed by atoms with van der Waals surface area (Å²) in [5.41, 5.74) is 2.18. The van der Waals surface area contributed by atoms with Crippen LogP contribution in [0, 0.1) is 0 Å². The van der Waals surface area contributed by atoms with Gasteiger partial charge < -0.3 is 9.26 Å². The Hall–Kier alpha value is -2.90. The molecule has 8 heteroatoms. The minimum Gasteiger partial charge on any atom is -0.471 e. The van der Waals surface area contributed by atoms with Gasteiger partial charge in [-0.05, 0) is 37.1 Å². The van der Waals surface area contributed by atoms with Gasteiger partial charge in [0.05, 0.1) is 5.56 Å². The van der Waals surface area contributed by atoms with Crippen LogP contribution in [-0.4, -0.2) is 33.1 Å². The van der Waals surface area contributed by atoms with Gasteiger partial charge in [0.2, 0.25) is 11.7 Å². The zero-order valence-corrected chi connectivity index (χ0v) is 13.1. The summed E-state index contributed by atoms with van der Waals surface area (Å²) in [6, 6.07) is 7.02. The van der Waals surface area contributed by atoms with Crippen molar-refractivity contribution >= 4 is 0 Å². The quantitative estimate of drug-likeness (QED) is 0.678. The van der Waals surface area contributed by atoms with E-state index in [1.54, 1.807) is 24.4 Å². The van der Waals surface area contributed by atoms with E-state index in [1.807, 2.05) is 6.07 Å². The van der Waals surface area contributed by atoms with Crippen molar-refractivity contribution in [1.82, 2.24) is 20.1 Å². The predicted molar refractivity (Wildman–Crippen MR) is 84.2 cm³/mol. The number of pyridine rings is 2. The Balaban J connectivity index is 1.62. The fourth-order valence-corrected chi connectivity index (χ4v) is 2.45. The van der Waals surface area contributed by atoms with Gasteiger partial charge in [-0.2, -0.15) is 4.98 Å². The Kier molecular flexibility index (Phi) is 4.09. The molecule has 3 aromatic rings. The van der Waals surface area contributed by atoms with Crippen LogP contribution in [0.5, 0.6) is 5.88 Å². The summed E-state index contributed by atoms with van der Waals surface area (Å²) in [6.07, 6.45) is 2.87. The van der Waals surface area contributed by atoms with Crippen LogP contribution < -0.4 is 4.74 Å². The van der Waals surface area contributed by atoms with Gasteiger partial charge >= 0.3 is 0 Å². The lowest BCUT2D eigenvalue weighted by Gasteiger charge is -2.06. The maximum atomic E-state index is 12.4. The number of alkyl halides is 2. The summed E-state index contributed by atoms with van der Waals surface area (Å²) in [5.74, 6) is 1.12. The van der Waals surface area contributed by atoms with Crippen LogP contribution in [0.2, 0.25) is 0 Å². The van der Waals surface area contributed by atoms with E-state index in [4.69, 9.17) is 9.26 Å². The molecule has 128 valence electrons. The van der Waals surface area contributed by atoms with E-state index in [0.717, 1.165) is 24.1 Å². The van der Waals surface area contributed by atoms with Crippen LogP contribution in [0.3, 0.4) is 0 Å². The normalized spacial score (nSPS) is 14.0. The molecule has 0 N–H and O–H groups in total. The molecule has 0 radical (unpaired) electrons. The zero-order chi connectivity index (χ0) is 17.2. The number of hydrogen-bond donors (Lipinski definition) is 0. The number of rotatable bonds is 6. The Morgan fingerprint density at radius 2 is 2.08 bits per heavy atom. The molecule has 1 fully saturated rings. The number of halogens is 2. The standard InChI is InChI=1S/C17H14F2N4O2/c18-14(19)9-24-17-12(2-1-6-21-17)15-22-16(25-23-15)11-5-7-20-13(8-11)10-3-4-10/h1-2,5-8,10,14H,3-4,9H2. The van der Waals surface area contributed by atoms with Crippen LogP contribution in [0.1, 0.15) is 24.5 Å². The summed E-state index contributed by atoms with van der Waals surface area (Å²) in [6.45, 7) is -0.746. The SMILES string of the molecule is FC(F)COc1ncccc1-c1noc(-c2ccnc(C3CC3)c2)n1. The lowest BCUT2D eigenvalue weighted by molar-refractivity contribution is 0.0799. The molecule has 1 saturated carbocycles. The molecular weight excluding hydrogens is 330 g/mol. The Bertz CT molecular complexity index is 880. The van der Waals surface area contributed by atoms with E-state index < -0.39 is 13.0 Å². The van der Waals surface area contributed by atoms with Crippen LogP contribution >= 0.6 is 0 Å². The molecule has 0 atom stereocenters. The van der Waals surface area contributed by atoms with Crippen LogP contribution in [0.25, 0.3) is 22.8 Å². The van der Waals surface area contributed by atoms with Crippen LogP contribution in [-0.2, 0) is 0 Å². The molecule has 4 rings (SSSR count). The Labute approximate surface area is 141 Å². The number of ether oxygens (including phenoxy) is 1. The first kappa shape index (κ1) is 15.6. The van der Waals surface area contributed by atoms with Gasteiger partial charge in [-0.3, -0.25) is 4.98 Å². The zero-order valence-electron chi connectivity index (χ0n) is 13.1. The summed E-state index contributed by atoms with van der Waals surface area (Å²) in [7, 11) is 0. The lowest BCUT2D eigenvalue weighted by atomic mass is 10.2. The third-order valence-electron chi connectivity index (χ3n) is 3.81. The van der Waals surface area contributed by atoms with Gasteiger partial charge in [0.1, 0.15) is 0 Å². The molecule has 0 spiro atoms. The molecule has 1 aliphatic rings. The molecule has 0 aromatic carbocycles. The van der Waals surface area contributed by atoms with Crippen molar-refractivity contribution in [1.29, 1.82) is 0 Å². The highest BCUT2D eigenvalue weighted by Gasteiger charge is 2.25. The van der Waals surface area contributed by atoms with Gasteiger partial charge in [0.15, 0.2) is 6.61 Å². The molecular formula is C17H14F2N4O2. The minimum atomic E-state index is -2.59. The van der Waals surface area contributed by atoms with Gasteiger partial charge in [-0.15, -0.1) is 0 Å². The first-order valence-electron chi connectivity index (χ1n) is 7.87. The van der Waals surface area contributed by atoms with Gasteiger partial charge in [0.25, 0.3) is 12.3 Å². The second-order valence-corrected chi connectivity index (χ2v) is 5.72. The first-order chi connectivity index (χ1) is 12.2. The number of aromatic nitrogens is 4. The summed E-state index contributed by atoms with van der Waals surface area (Å²) < 4.78 is 35.1. The third-order valence-corrected chi connectivity index (χ3v) is 3.81. The van der Waals surface area contributed by atoms with Crippen molar-refractivity contribution in [2.45, 2.75) is 25.2 Å². The number of hydrogen-bond acceptors (Lipinski definition) is 6. The highest BCUT2D eigenvalue weighted by atomic mass is 19.3. The lowest BCUT2D eigenvalue weighted by Crippen LogP contribution is -2.08. The van der Waals surface area contributed by atoms with Gasteiger partial charge in [-0.25, -0.2) is 13.8 Å². The summed E-state index contributed by atoms with van der Waals surface area (Å²) in [5, 5.41) is 3.93. The van der Waals surface area contributed by atoms with E-state index in [-0.39, 0.29) is 11.7 Å². The Morgan fingerprint density at radius 3 is 2.88 bits per heavy atom. The fraction of sp³-hybridized carbons (Fsp3) is 0.294. The van der Waals surface area contributed by atoms with Crippen molar-refractivity contribution in [3.8, 4) is 28.7 Å². The molecule has 6 nitrogen and oxygen atoms in total. The predicted octanol–water partition coefficient (Wildman–Crippen LogP) is 3.71. The summed E-state index contributed by atoms with van der Waals surface area (Å²) in [4.78, 5) is 12.7. The van der Waals surface area contributed by atoms with Crippen molar-refractivity contribution in [2.75, 3.05) is 6.61 Å². The van der Waals surface area contributed by atoms with E-state index >= 15 is 0 Å². The molecule has 3 aromatic heterocycles. The van der Waals surface area contributed by atoms with Gasteiger partial charge in [-0.1, -0.05) is 5.16 Å². The third kappa shape index (κ3) is 3.47. The molecule has 0 bridgehead atoms. The van der Waals surface area contributed by atoms with E-state index in [9.17, 15) is 8.78 Å². The van der Waals surface area contributed by atoms with Crippen LogP contribution in [0.15, 0.2) is 41.2 Å². The molecule has 0 aliphatic heterocycles. The van der Waals surface area contributed by atoms with Crippen LogP contribution in [0.4, 0.5) is 8.78 Å². The molecule has 0 unspecified atom stereocenters. The molecule has 0 amide bonds. The van der Waals surface area contributed by atoms with Crippen molar-refractivity contribution < 1.29 is 18.0 Å². The average molecular weight is 344 g/mol. The smallest absolute Gasteiger partial charge is 0.272 e. The molecule has 1 aliphatic carbocycles. The van der Waals surface area contributed by atoms with Crippen molar-refractivity contribution in [3.63, 3.8) is 0 Å². The van der Waals surface area contributed by atoms with E-state index in [2.05, 4.69) is 20.1 Å². The van der Waals surface area contributed by atoms with Gasteiger partial charge in [0, 0.05) is 29.6 Å². The van der Waals surface area contributed by atoms with E-state index in [1.165, 1.54) is 6.20 Å². The monoisotopic (exact) mass is 344 g/mol. The molecule has 3 heterocycles. The average Bonchev–Trinajstić information content (AvgIpc) is 3.37. The maximum absolute atomic E-state index is 12.4. The molecule has 25 heavy (non-hydrogen) atoms. The fourth-order valence-electron chi connectivity index (χ4n) is 2.45. The Morgan fingerprint density at radius 1 is 1.20 bits per heavy atom. The first-order valence-corrected chi connectivity index (χ1v) is 7.87. The topological polar surface area (TPSA) is 73.9 Å². The number of nitrogens with zero attached hydrogens (tertiary/aromatic N) is 4. The largest absolute Gasteiger partial charge is 0.471 e. The highest BCUT2D eigenvalue weighted by Crippen LogP contribution is 2.40. The maximum Gasteiger partial charge on any atom is 0.272 e. The second kappa shape index (κ2) is 6.54. The highest BCUT2D eigenvalue weighted by molar-refractivity contribution is 5.63. The van der Waals surface area contributed by atoms with Crippen molar-refractivity contribution in [2.24, 2.45) is 0 Å². The van der Waals surface area contributed by atoms with E-state index in [0.29, 0.717) is 17.4 Å². The summed E-state index contributed by atoms with van der Waals surface area (Å²) >= 11 is 0. The second-order valence-electron chi connectivity index (χ2n) is 5.72. The minimum absolute atomic E-state index is 0.0450. The van der Waals surface area contributed by atoms with Crippen molar-refractivity contribution in [3.05, 3.63) is 42.4 Å².